The fourth-order valence-corrected chi connectivity index (χ4v) is 3.17. The summed E-state index contributed by atoms with van der Waals surface area (Å²) < 4.78 is 5.48. The highest BCUT2D eigenvalue weighted by Gasteiger charge is 2.38. The first-order valence-corrected chi connectivity index (χ1v) is 9.11. The molecule has 3 aromatic carbocycles. The molecule has 3 amide bonds. The topological polar surface area (TPSA) is 75.7 Å². The molecule has 0 saturated heterocycles. The van der Waals surface area contributed by atoms with Crippen molar-refractivity contribution in [3.63, 3.8) is 0 Å². The highest BCUT2D eigenvalue weighted by Crippen LogP contribution is 2.32. The quantitative estimate of drug-likeness (QED) is 0.677. The Balaban J connectivity index is 1.52. The summed E-state index contributed by atoms with van der Waals surface area (Å²) >= 11 is 0. The van der Waals surface area contributed by atoms with Gasteiger partial charge in [-0.15, -0.1) is 0 Å². The third kappa shape index (κ3) is 3.60. The highest BCUT2D eigenvalue weighted by molar-refractivity contribution is 6.36. The van der Waals surface area contributed by atoms with E-state index in [1.165, 1.54) is 0 Å². The van der Waals surface area contributed by atoms with Gasteiger partial charge in [0.25, 0.3) is 17.7 Å². The minimum Gasteiger partial charge on any atom is -0.484 e. The molecule has 1 aliphatic heterocycles. The predicted octanol–water partition coefficient (Wildman–Crippen LogP) is 3.81. The van der Waals surface area contributed by atoms with Crippen LogP contribution in [0.15, 0.2) is 72.8 Å². The molecule has 1 N–H and O–H groups in total. The predicted molar refractivity (Wildman–Crippen MR) is 109 cm³/mol. The average Bonchev–Trinajstić information content (AvgIpc) is 2.99. The summed E-state index contributed by atoms with van der Waals surface area (Å²) in [6.07, 6.45) is 0. The van der Waals surface area contributed by atoms with Gasteiger partial charge in [-0.2, -0.15) is 0 Å². The first-order valence-electron chi connectivity index (χ1n) is 9.11. The number of nitrogens with one attached hydrogen (secondary N) is 1. The van der Waals surface area contributed by atoms with Crippen LogP contribution in [-0.2, 0) is 4.79 Å². The molecular weight excluding hydrogens is 368 g/mol. The number of carbonyl (C=O) groups excluding carboxylic acids is 3. The molecule has 0 unspecified atom stereocenters. The van der Waals surface area contributed by atoms with Crippen LogP contribution in [0.2, 0.25) is 0 Å². The molecule has 6 heteroatoms. The van der Waals surface area contributed by atoms with Crippen molar-refractivity contribution < 1.29 is 19.1 Å². The van der Waals surface area contributed by atoms with Crippen molar-refractivity contribution in [2.24, 2.45) is 0 Å². The lowest BCUT2D eigenvalue weighted by molar-refractivity contribution is -0.118. The summed E-state index contributed by atoms with van der Waals surface area (Å²) in [6, 6.07) is 20.8. The molecule has 0 fully saturated rings. The average molecular weight is 386 g/mol. The normalized spacial score (nSPS) is 12.7. The van der Waals surface area contributed by atoms with E-state index < -0.39 is 17.7 Å². The number of imide groups is 1. The van der Waals surface area contributed by atoms with Gasteiger partial charge in [0, 0.05) is 0 Å². The Hall–Kier alpha value is -3.93. The summed E-state index contributed by atoms with van der Waals surface area (Å²) in [5.74, 6) is -0.724. The molecule has 0 spiro atoms. The van der Waals surface area contributed by atoms with E-state index >= 15 is 0 Å². The van der Waals surface area contributed by atoms with Crippen molar-refractivity contribution in [3.05, 3.63) is 89.5 Å². The first kappa shape index (κ1) is 18.4. The lowest BCUT2D eigenvalue weighted by Gasteiger charge is -2.14. The molecule has 6 nitrogen and oxygen atoms in total. The summed E-state index contributed by atoms with van der Waals surface area (Å²) in [6.45, 7) is 1.75. The molecule has 144 valence electrons. The van der Waals surface area contributed by atoms with Gasteiger partial charge in [0.2, 0.25) is 0 Å². The molecule has 4 rings (SSSR count). The van der Waals surface area contributed by atoms with E-state index in [0.717, 1.165) is 10.5 Å². The van der Waals surface area contributed by atoms with Gasteiger partial charge in [-0.25, -0.2) is 4.90 Å². The fraction of sp³-hybridized carbons (Fsp3) is 0.0870. The number of aryl methyl sites for hydroxylation is 1. The zero-order valence-corrected chi connectivity index (χ0v) is 15.7. The molecule has 0 aliphatic carbocycles. The van der Waals surface area contributed by atoms with E-state index in [1.54, 1.807) is 60.7 Å². The third-order valence-corrected chi connectivity index (χ3v) is 4.59. The van der Waals surface area contributed by atoms with Crippen molar-refractivity contribution in [1.82, 2.24) is 0 Å². The van der Waals surface area contributed by atoms with Crippen molar-refractivity contribution in [2.45, 2.75) is 6.92 Å². The Labute approximate surface area is 167 Å². The van der Waals surface area contributed by atoms with Crippen molar-refractivity contribution >= 4 is 29.1 Å². The number of nitrogens with zero attached hydrogens (tertiary/aromatic N) is 1. The van der Waals surface area contributed by atoms with E-state index in [1.807, 2.05) is 19.1 Å². The molecule has 0 aromatic heterocycles. The number of fused-ring (bicyclic) bond motifs is 1. The van der Waals surface area contributed by atoms with Crippen LogP contribution in [0.1, 0.15) is 26.3 Å². The van der Waals surface area contributed by atoms with Crippen molar-refractivity contribution in [1.29, 1.82) is 0 Å². The molecule has 29 heavy (non-hydrogen) atoms. The summed E-state index contributed by atoms with van der Waals surface area (Å²) in [5, 5.41) is 2.68. The minimum absolute atomic E-state index is 0.185. The molecule has 3 aromatic rings. The van der Waals surface area contributed by atoms with E-state index in [0.29, 0.717) is 11.4 Å². The maximum absolute atomic E-state index is 12.9. The lowest BCUT2D eigenvalue weighted by Crippen LogP contribution is -2.29. The number of amides is 3. The SMILES string of the molecule is Cc1ccc(OCC(=O)Nc2cccc3c2C(=O)N(c2ccccc2)C3=O)cc1. The molecule has 1 heterocycles. The largest absolute Gasteiger partial charge is 0.484 e. The molecule has 0 saturated carbocycles. The monoisotopic (exact) mass is 386 g/mol. The number of benzene rings is 3. The second-order valence-corrected chi connectivity index (χ2v) is 6.66. The highest BCUT2D eigenvalue weighted by atomic mass is 16.5. The Morgan fingerprint density at radius 3 is 2.34 bits per heavy atom. The number of rotatable bonds is 5. The van der Waals surface area contributed by atoms with Gasteiger partial charge in [0.05, 0.1) is 22.5 Å². The van der Waals surface area contributed by atoms with Crippen LogP contribution in [-0.4, -0.2) is 24.3 Å². The number of anilines is 2. The van der Waals surface area contributed by atoms with Crippen LogP contribution in [0.5, 0.6) is 5.75 Å². The Morgan fingerprint density at radius 1 is 0.897 bits per heavy atom. The van der Waals surface area contributed by atoms with E-state index in [-0.39, 0.29) is 23.4 Å². The summed E-state index contributed by atoms with van der Waals surface area (Å²) in [7, 11) is 0. The molecule has 0 atom stereocenters. The second-order valence-electron chi connectivity index (χ2n) is 6.66. The number of hydrogen-bond donors (Lipinski definition) is 1. The maximum atomic E-state index is 12.9. The zero-order chi connectivity index (χ0) is 20.4. The van der Waals surface area contributed by atoms with Crippen LogP contribution >= 0.6 is 0 Å². The lowest BCUT2D eigenvalue weighted by atomic mass is 10.1. The Bertz CT molecular complexity index is 1090. The number of carbonyl (C=O) groups is 3. The first-order chi connectivity index (χ1) is 14.0. The van der Waals surface area contributed by atoms with Gasteiger partial charge in [-0.3, -0.25) is 14.4 Å². The summed E-state index contributed by atoms with van der Waals surface area (Å²) in [4.78, 5) is 39.2. The molecule has 0 bridgehead atoms. The van der Waals surface area contributed by atoms with Crippen LogP contribution in [0.3, 0.4) is 0 Å². The van der Waals surface area contributed by atoms with E-state index in [4.69, 9.17) is 4.74 Å². The Morgan fingerprint density at radius 2 is 1.62 bits per heavy atom. The van der Waals surface area contributed by atoms with Crippen LogP contribution in [0.4, 0.5) is 11.4 Å². The van der Waals surface area contributed by atoms with E-state index in [9.17, 15) is 14.4 Å². The fourth-order valence-electron chi connectivity index (χ4n) is 3.17. The molecule has 1 aliphatic rings. The number of hydrogen-bond acceptors (Lipinski definition) is 4. The summed E-state index contributed by atoms with van der Waals surface area (Å²) in [5.41, 5.74) is 2.31. The van der Waals surface area contributed by atoms with Crippen molar-refractivity contribution in [2.75, 3.05) is 16.8 Å². The van der Waals surface area contributed by atoms with Gasteiger partial charge in [-0.1, -0.05) is 42.0 Å². The minimum atomic E-state index is -0.466. The maximum Gasteiger partial charge on any atom is 0.268 e. The van der Waals surface area contributed by atoms with Crippen LogP contribution in [0.25, 0.3) is 0 Å². The van der Waals surface area contributed by atoms with Crippen LogP contribution in [0, 0.1) is 6.92 Å². The zero-order valence-electron chi connectivity index (χ0n) is 15.7. The van der Waals surface area contributed by atoms with Gasteiger partial charge in [0.1, 0.15) is 5.75 Å². The molecule has 0 radical (unpaired) electrons. The van der Waals surface area contributed by atoms with Gasteiger partial charge in [-0.05, 0) is 43.3 Å². The van der Waals surface area contributed by atoms with Crippen LogP contribution < -0.4 is 15.0 Å². The number of ether oxygens (including phenoxy) is 1. The Kier molecular flexibility index (Phi) is 4.83. The van der Waals surface area contributed by atoms with E-state index in [2.05, 4.69) is 5.32 Å². The molecular formula is C23H18N2O4. The second kappa shape index (κ2) is 7.59. The van der Waals surface area contributed by atoms with Gasteiger partial charge >= 0.3 is 0 Å². The third-order valence-electron chi connectivity index (χ3n) is 4.59. The smallest absolute Gasteiger partial charge is 0.268 e. The van der Waals surface area contributed by atoms with Crippen molar-refractivity contribution in [3.8, 4) is 5.75 Å². The standard InChI is InChI=1S/C23H18N2O4/c1-15-10-12-17(13-11-15)29-14-20(26)24-19-9-5-8-18-21(19)23(28)25(22(18)27)16-6-3-2-4-7-16/h2-13H,14H2,1H3,(H,24,26). The van der Waals surface area contributed by atoms with Gasteiger partial charge in [0.15, 0.2) is 6.61 Å². The number of para-hydroxylation sites is 1. The van der Waals surface area contributed by atoms with Gasteiger partial charge < -0.3 is 10.1 Å².